The van der Waals surface area contributed by atoms with Crippen LogP contribution in [0.15, 0.2) is 40.9 Å². The van der Waals surface area contributed by atoms with Crippen molar-refractivity contribution >= 4 is 21.9 Å². The van der Waals surface area contributed by atoms with E-state index in [9.17, 15) is 4.79 Å². The number of aryl methyl sites for hydroxylation is 1. The summed E-state index contributed by atoms with van der Waals surface area (Å²) in [5, 5.41) is 8.99. The van der Waals surface area contributed by atoms with Crippen LogP contribution in [-0.4, -0.2) is 18.2 Å². The van der Waals surface area contributed by atoms with Gasteiger partial charge in [-0.05, 0) is 64.3 Å². The Morgan fingerprint density at radius 3 is 2.57 bits per heavy atom. The second kappa shape index (κ2) is 6.63. The summed E-state index contributed by atoms with van der Waals surface area (Å²) in [4.78, 5) is 11.0. The van der Waals surface area contributed by atoms with Crippen LogP contribution in [0.5, 0.6) is 11.5 Å². The summed E-state index contributed by atoms with van der Waals surface area (Å²) in [5.74, 6) is 0.475. The molecule has 110 valence electrons. The summed E-state index contributed by atoms with van der Waals surface area (Å²) >= 11 is 3.42. The Morgan fingerprint density at radius 2 is 2.00 bits per heavy atom. The molecule has 0 unspecified atom stereocenters. The maximum Gasteiger partial charge on any atom is 0.335 e. The van der Waals surface area contributed by atoms with Crippen molar-refractivity contribution in [1.82, 2.24) is 0 Å². The van der Waals surface area contributed by atoms with E-state index in [2.05, 4.69) is 15.9 Å². The molecule has 2 aromatic carbocycles. The van der Waals surface area contributed by atoms with E-state index < -0.39 is 5.97 Å². The molecule has 1 N–H and O–H groups in total. The first-order valence-electron chi connectivity index (χ1n) is 6.30. The summed E-state index contributed by atoms with van der Waals surface area (Å²) in [6, 6.07) is 10.6. The van der Waals surface area contributed by atoms with Gasteiger partial charge >= 0.3 is 5.97 Å². The van der Waals surface area contributed by atoms with Crippen molar-refractivity contribution in [2.45, 2.75) is 13.5 Å². The predicted molar refractivity (Wildman–Crippen MR) is 83.2 cm³/mol. The standard InChI is InChI=1S/C16H15BrO4/c1-10-7-12(4-5-13(10)16(18)19)21-9-11-3-6-15(20-2)14(17)8-11/h3-8H,9H2,1-2H3,(H,18,19). The molecule has 0 radical (unpaired) electrons. The van der Waals surface area contributed by atoms with Crippen LogP contribution in [0.1, 0.15) is 21.5 Å². The van der Waals surface area contributed by atoms with Gasteiger partial charge in [0.05, 0.1) is 17.1 Å². The third kappa shape index (κ3) is 3.76. The third-order valence-corrected chi connectivity index (χ3v) is 3.67. The SMILES string of the molecule is COc1ccc(COc2ccc(C(=O)O)c(C)c2)cc1Br. The van der Waals surface area contributed by atoms with Crippen molar-refractivity contribution < 1.29 is 19.4 Å². The molecular formula is C16H15BrO4. The van der Waals surface area contributed by atoms with Gasteiger partial charge in [0, 0.05) is 0 Å². The van der Waals surface area contributed by atoms with E-state index in [1.165, 1.54) is 0 Å². The second-order valence-corrected chi connectivity index (χ2v) is 5.39. The molecule has 0 saturated carbocycles. The molecule has 0 spiro atoms. The lowest BCUT2D eigenvalue weighted by Gasteiger charge is -2.10. The fourth-order valence-corrected chi connectivity index (χ4v) is 2.52. The van der Waals surface area contributed by atoms with E-state index in [4.69, 9.17) is 14.6 Å². The molecule has 5 heteroatoms. The van der Waals surface area contributed by atoms with Gasteiger partial charge in [-0.3, -0.25) is 0 Å². The number of rotatable bonds is 5. The molecule has 0 aliphatic heterocycles. The molecule has 0 fully saturated rings. The summed E-state index contributed by atoms with van der Waals surface area (Å²) in [6.45, 7) is 2.15. The average Bonchev–Trinajstić information content (AvgIpc) is 2.45. The van der Waals surface area contributed by atoms with Gasteiger partial charge in [-0.15, -0.1) is 0 Å². The molecule has 0 heterocycles. The van der Waals surface area contributed by atoms with Crippen molar-refractivity contribution in [3.8, 4) is 11.5 Å². The first kappa shape index (κ1) is 15.4. The van der Waals surface area contributed by atoms with E-state index >= 15 is 0 Å². The first-order chi connectivity index (χ1) is 10.0. The van der Waals surface area contributed by atoms with E-state index in [1.54, 1.807) is 32.2 Å². The molecule has 21 heavy (non-hydrogen) atoms. The number of aromatic carboxylic acids is 1. The highest BCUT2D eigenvalue weighted by Gasteiger charge is 2.08. The Morgan fingerprint density at radius 1 is 1.24 bits per heavy atom. The second-order valence-electron chi connectivity index (χ2n) is 4.54. The van der Waals surface area contributed by atoms with Crippen LogP contribution in [0.3, 0.4) is 0 Å². The van der Waals surface area contributed by atoms with Crippen LogP contribution in [0.4, 0.5) is 0 Å². The molecule has 0 bridgehead atoms. The number of carboxylic acids is 1. The largest absolute Gasteiger partial charge is 0.496 e. The van der Waals surface area contributed by atoms with E-state index in [0.717, 1.165) is 15.8 Å². The van der Waals surface area contributed by atoms with Crippen LogP contribution in [0.2, 0.25) is 0 Å². The molecule has 0 aromatic heterocycles. The van der Waals surface area contributed by atoms with Gasteiger partial charge in [0.25, 0.3) is 0 Å². The normalized spacial score (nSPS) is 10.2. The van der Waals surface area contributed by atoms with Crippen molar-refractivity contribution in [1.29, 1.82) is 0 Å². The molecule has 4 nitrogen and oxygen atoms in total. The summed E-state index contributed by atoms with van der Waals surface area (Å²) < 4.78 is 11.7. The zero-order chi connectivity index (χ0) is 15.4. The molecule has 0 atom stereocenters. The van der Waals surface area contributed by atoms with E-state index in [0.29, 0.717) is 17.9 Å². The Balaban J connectivity index is 2.08. The fraction of sp³-hybridized carbons (Fsp3) is 0.188. The summed E-state index contributed by atoms with van der Waals surface area (Å²) in [6.07, 6.45) is 0. The Hall–Kier alpha value is -2.01. The van der Waals surface area contributed by atoms with Crippen LogP contribution in [0, 0.1) is 6.92 Å². The van der Waals surface area contributed by atoms with Crippen LogP contribution < -0.4 is 9.47 Å². The predicted octanol–water partition coefficient (Wildman–Crippen LogP) is 4.04. The molecule has 2 aromatic rings. The monoisotopic (exact) mass is 350 g/mol. The van der Waals surface area contributed by atoms with E-state index in [1.807, 2.05) is 18.2 Å². The fourth-order valence-electron chi connectivity index (χ4n) is 1.93. The maximum absolute atomic E-state index is 11.0. The molecule has 0 saturated heterocycles. The zero-order valence-corrected chi connectivity index (χ0v) is 13.3. The van der Waals surface area contributed by atoms with E-state index in [-0.39, 0.29) is 5.56 Å². The van der Waals surface area contributed by atoms with Gasteiger partial charge in [-0.1, -0.05) is 6.07 Å². The molecule has 0 aliphatic carbocycles. The number of benzene rings is 2. The van der Waals surface area contributed by atoms with Gasteiger partial charge in [0.1, 0.15) is 18.1 Å². The van der Waals surface area contributed by atoms with Gasteiger partial charge in [-0.2, -0.15) is 0 Å². The quantitative estimate of drug-likeness (QED) is 0.883. The number of halogens is 1. The lowest BCUT2D eigenvalue weighted by atomic mass is 10.1. The number of methoxy groups -OCH3 is 1. The minimum atomic E-state index is -0.932. The van der Waals surface area contributed by atoms with Gasteiger partial charge in [-0.25, -0.2) is 4.79 Å². The van der Waals surface area contributed by atoms with Crippen LogP contribution in [0.25, 0.3) is 0 Å². The Bertz CT molecular complexity index is 667. The lowest BCUT2D eigenvalue weighted by Crippen LogP contribution is -2.01. The van der Waals surface area contributed by atoms with Crippen molar-refractivity contribution in [2.24, 2.45) is 0 Å². The highest BCUT2D eigenvalue weighted by Crippen LogP contribution is 2.26. The number of hydrogen-bond acceptors (Lipinski definition) is 3. The molecule has 0 amide bonds. The van der Waals surface area contributed by atoms with Crippen molar-refractivity contribution in [3.63, 3.8) is 0 Å². The Kier molecular flexibility index (Phi) is 4.85. The highest BCUT2D eigenvalue weighted by atomic mass is 79.9. The minimum absolute atomic E-state index is 0.287. The molecular weight excluding hydrogens is 336 g/mol. The van der Waals surface area contributed by atoms with Gasteiger partial charge in [0.15, 0.2) is 0 Å². The number of carbonyl (C=O) groups is 1. The lowest BCUT2D eigenvalue weighted by molar-refractivity contribution is 0.0696. The van der Waals surface area contributed by atoms with Crippen molar-refractivity contribution in [2.75, 3.05) is 7.11 Å². The average molecular weight is 351 g/mol. The minimum Gasteiger partial charge on any atom is -0.496 e. The molecule has 0 aliphatic rings. The first-order valence-corrected chi connectivity index (χ1v) is 7.09. The van der Waals surface area contributed by atoms with Crippen molar-refractivity contribution in [3.05, 3.63) is 57.6 Å². The van der Waals surface area contributed by atoms with Crippen LogP contribution in [-0.2, 0) is 6.61 Å². The highest BCUT2D eigenvalue weighted by molar-refractivity contribution is 9.10. The Labute approximate surface area is 131 Å². The zero-order valence-electron chi connectivity index (χ0n) is 11.7. The third-order valence-electron chi connectivity index (χ3n) is 3.05. The summed E-state index contributed by atoms with van der Waals surface area (Å²) in [7, 11) is 1.61. The maximum atomic E-state index is 11.0. The number of carboxylic acid groups (broad SMARTS) is 1. The topological polar surface area (TPSA) is 55.8 Å². The van der Waals surface area contributed by atoms with Gasteiger partial charge in [0.2, 0.25) is 0 Å². The number of ether oxygens (including phenoxy) is 2. The number of hydrogen-bond donors (Lipinski definition) is 1. The molecule has 2 rings (SSSR count). The summed E-state index contributed by atoms with van der Waals surface area (Å²) in [5.41, 5.74) is 1.95. The van der Waals surface area contributed by atoms with Crippen LogP contribution >= 0.6 is 15.9 Å². The van der Waals surface area contributed by atoms with Gasteiger partial charge < -0.3 is 14.6 Å². The smallest absolute Gasteiger partial charge is 0.335 e.